The van der Waals surface area contributed by atoms with E-state index in [9.17, 15) is 9.18 Å². The number of likely N-dealkylation sites (N-methyl/N-ethyl adjacent to an activating group) is 1. The molecule has 2 aromatic heterocycles. The number of aromatic nitrogens is 3. The lowest BCUT2D eigenvalue weighted by Crippen LogP contribution is -2.66. The van der Waals surface area contributed by atoms with E-state index in [4.69, 9.17) is 14.2 Å². The first kappa shape index (κ1) is 28.1. The lowest BCUT2D eigenvalue weighted by atomic mass is 9.78. The molecule has 0 unspecified atom stereocenters. The van der Waals surface area contributed by atoms with Gasteiger partial charge in [0.05, 0.1) is 45.4 Å². The number of halogens is 1. The summed E-state index contributed by atoms with van der Waals surface area (Å²) in [5, 5.41) is 3.31. The number of amides is 1. The molecule has 2 aliphatic heterocycles. The molecular weight excluding hydrogens is 539 g/mol. The van der Waals surface area contributed by atoms with Gasteiger partial charge < -0.3 is 24.4 Å². The van der Waals surface area contributed by atoms with E-state index in [-0.39, 0.29) is 11.7 Å². The van der Waals surface area contributed by atoms with Crippen LogP contribution < -0.4 is 10.1 Å². The number of methoxy groups -OCH3 is 1. The van der Waals surface area contributed by atoms with Gasteiger partial charge in [-0.2, -0.15) is 0 Å². The minimum Gasteiger partial charge on any atom is -0.494 e. The standard InChI is InChI=1S/C31H35FN6O4/c1-21-14-23(5-6-24(21)30(39)36(2)10-12-41-13-11-37-17-31(18-37)19-42-20-31)35-28-29-34-16-26(38(29)9-8-33-28)22-4-7-27(40-3)25(32)15-22/h4-9,14-16H,10-13,17-20H2,1-3H3,(H,33,35). The van der Waals surface area contributed by atoms with E-state index in [1.807, 2.05) is 29.5 Å². The van der Waals surface area contributed by atoms with Crippen LogP contribution in [0.4, 0.5) is 15.9 Å². The Labute approximate surface area is 244 Å². The van der Waals surface area contributed by atoms with Crippen molar-refractivity contribution in [1.82, 2.24) is 24.2 Å². The molecule has 1 amide bonds. The van der Waals surface area contributed by atoms with Gasteiger partial charge in [-0.3, -0.25) is 14.1 Å². The van der Waals surface area contributed by atoms with Crippen LogP contribution in [-0.2, 0) is 9.47 Å². The highest BCUT2D eigenvalue weighted by Crippen LogP contribution is 2.37. The Morgan fingerprint density at radius 2 is 2.00 bits per heavy atom. The smallest absolute Gasteiger partial charge is 0.253 e. The van der Waals surface area contributed by atoms with Gasteiger partial charge in [0, 0.05) is 67.8 Å². The quantitative estimate of drug-likeness (QED) is 0.269. The number of anilines is 2. The summed E-state index contributed by atoms with van der Waals surface area (Å²) in [6, 6.07) is 10.4. The Balaban J connectivity index is 1.05. The van der Waals surface area contributed by atoms with Crippen molar-refractivity contribution >= 4 is 23.1 Å². The molecule has 0 atom stereocenters. The normalized spacial score (nSPS) is 15.8. The van der Waals surface area contributed by atoms with Gasteiger partial charge in [-0.1, -0.05) is 0 Å². The van der Waals surface area contributed by atoms with E-state index >= 15 is 0 Å². The van der Waals surface area contributed by atoms with Crippen molar-refractivity contribution in [2.75, 3.05) is 72.1 Å². The molecule has 0 bridgehead atoms. The number of fused-ring (bicyclic) bond motifs is 1. The van der Waals surface area contributed by atoms with Gasteiger partial charge in [0.25, 0.3) is 5.91 Å². The fourth-order valence-electron chi connectivity index (χ4n) is 5.60. The molecule has 2 fully saturated rings. The summed E-state index contributed by atoms with van der Waals surface area (Å²) in [6.45, 7) is 8.47. The summed E-state index contributed by atoms with van der Waals surface area (Å²) in [5.74, 6) is 0.228. The molecule has 11 heteroatoms. The molecule has 0 radical (unpaired) electrons. The summed E-state index contributed by atoms with van der Waals surface area (Å²) in [7, 11) is 3.23. The van der Waals surface area contributed by atoms with Crippen LogP contribution in [0, 0.1) is 18.2 Å². The van der Waals surface area contributed by atoms with Crippen LogP contribution in [0.3, 0.4) is 0 Å². The van der Waals surface area contributed by atoms with E-state index in [0.717, 1.165) is 49.8 Å². The highest BCUT2D eigenvalue weighted by molar-refractivity contribution is 5.96. The molecule has 0 saturated carbocycles. The molecule has 6 rings (SSSR count). The minimum absolute atomic E-state index is 0.0535. The number of carbonyl (C=O) groups excluding carboxylic acids is 1. The van der Waals surface area contributed by atoms with Gasteiger partial charge in [0.1, 0.15) is 0 Å². The van der Waals surface area contributed by atoms with Crippen molar-refractivity contribution in [2.24, 2.45) is 5.41 Å². The molecule has 1 N–H and O–H groups in total. The van der Waals surface area contributed by atoms with E-state index in [1.54, 1.807) is 42.7 Å². The third-order valence-corrected chi connectivity index (χ3v) is 8.00. The number of benzene rings is 2. The van der Waals surface area contributed by atoms with Crippen molar-refractivity contribution in [3.63, 3.8) is 0 Å². The lowest BCUT2D eigenvalue weighted by molar-refractivity contribution is -0.190. The summed E-state index contributed by atoms with van der Waals surface area (Å²) in [5.41, 5.74) is 4.64. The van der Waals surface area contributed by atoms with Gasteiger partial charge in [-0.05, 0) is 48.9 Å². The number of hydrogen-bond donors (Lipinski definition) is 1. The van der Waals surface area contributed by atoms with E-state index in [0.29, 0.717) is 47.8 Å². The fraction of sp³-hybridized carbons (Fsp3) is 0.387. The van der Waals surface area contributed by atoms with Gasteiger partial charge in [-0.15, -0.1) is 0 Å². The third kappa shape index (κ3) is 5.55. The summed E-state index contributed by atoms with van der Waals surface area (Å²) >= 11 is 0. The van der Waals surface area contributed by atoms with Crippen LogP contribution >= 0.6 is 0 Å². The largest absolute Gasteiger partial charge is 0.494 e. The Morgan fingerprint density at radius 1 is 1.17 bits per heavy atom. The summed E-state index contributed by atoms with van der Waals surface area (Å²) in [4.78, 5) is 26.2. The zero-order valence-electron chi connectivity index (χ0n) is 24.1. The second kappa shape index (κ2) is 11.7. The van der Waals surface area contributed by atoms with Crippen LogP contribution in [-0.4, -0.2) is 96.8 Å². The fourth-order valence-corrected chi connectivity index (χ4v) is 5.60. The number of hydrogen-bond acceptors (Lipinski definition) is 8. The van der Waals surface area contributed by atoms with Crippen LogP contribution in [0.25, 0.3) is 16.9 Å². The van der Waals surface area contributed by atoms with Crippen LogP contribution in [0.5, 0.6) is 5.75 Å². The highest BCUT2D eigenvalue weighted by atomic mass is 19.1. The predicted molar refractivity (Wildman–Crippen MR) is 157 cm³/mol. The van der Waals surface area contributed by atoms with Crippen LogP contribution in [0.15, 0.2) is 55.0 Å². The van der Waals surface area contributed by atoms with E-state index in [2.05, 4.69) is 20.2 Å². The van der Waals surface area contributed by atoms with Crippen LogP contribution in [0.2, 0.25) is 0 Å². The first-order valence-corrected chi connectivity index (χ1v) is 14.0. The van der Waals surface area contributed by atoms with Crippen molar-refractivity contribution < 1.29 is 23.4 Å². The van der Waals surface area contributed by atoms with Gasteiger partial charge in [-0.25, -0.2) is 14.4 Å². The maximum atomic E-state index is 14.3. The average molecular weight is 575 g/mol. The van der Waals surface area contributed by atoms with E-state index in [1.165, 1.54) is 13.2 Å². The summed E-state index contributed by atoms with van der Waals surface area (Å²) in [6.07, 6.45) is 5.12. The Bertz CT molecular complexity index is 1600. The Kier molecular flexibility index (Phi) is 7.80. The number of imidazole rings is 1. The SMILES string of the molecule is COc1ccc(-c2cnc3c(Nc4ccc(C(=O)N(C)CCOCCN5CC6(COC6)C5)c(C)c4)nccn23)cc1F. The second-order valence-corrected chi connectivity index (χ2v) is 11.2. The maximum Gasteiger partial charge on any atom is 0.253 e. The number of carbonyl (C=O) groups is 1. The molecule has 10 nitrogen and oxygen atoms in total. The van der Waals surface area contributed by atoms with Gasteiger partial charge >= 0.3 is 0 Å². The van der Waals surface area contributed by atoms with E-state index < -0.39 is 5.82 Å². The average Bonchev–Trinajstić information content (AvgIpc) is 3.38. The Hall–Kier alpha value is -4.06. The van der Waals surface area contributed by atoms with Gasteiger partial charge in [0.15, 0.2) is 23.0 Å². The van der Waals surface area contributed by atoms with Crippen molar-refractivity contribution in [3.8, 4) is 17.0 Å². The van der Waals surface area contributed by atoms with Crippen LogP contribution in [0.1, 0.15) is 15.9 Å². The molecule has 220 valence electrons. The summed E-state index contributed by atoms with van der Waals surface area (Å²) < 4.78 is 32.3. The monoisotopic (exact) mass is 574 g/mol. The highest BCUT2D eigenvalue weighted by Gasteiger charge is 2.48. The number of ether oxygens (including phenoxy) is 3. The zero-order valence-corrected chi connectivity index (χ0v) is 24.1. The molecule has 4 aromatic rings. The zero-order chi connectivity index (χ0) is 29.3. The van der Waals surface area contributed by atoms with Crippen molar-refractivity contribution in [1.29, 1.82) is 0 Å². The molecule has 42 heavy (non-hydrogen) atoms. The maximum absolute atomic E-state index is 14.3. The predicted octanol–water partition coefficient (Wildman–Crippen LogP) is 4.02. The third-order valence-electron chi connectivity index (χ3n) is 8.00. The Morgan fingerprint density at radius 3 is 2.71 bits per heavy atom. The molecule has 2 aromatic carbocycles. The van der Waals surface area contributed by atoms with Crippen molar-refractivity contribution in [2.45, 2.75) is 6.92 Å². The molecule has 2 aliphatic rings. The number of nitrogens with one attached hydrogen (secondary N) is 1. The second-order valence-electron chi connectivity index (χ2n) is 11.2. The van der Waals surface area contributed by atoms with Crippen molar-refractivity contribution in [3.05, 3.63) is 71.9 Å². The molecular formula is C31H35FN6O4. The number of nitrogens with zero attached hydrogens (tertiary/aromatic N) is 5. The number of likely N-dealkylation sites (tertiary alicyclic amines) is 1. The topological polar surface area (TPSA) is 93.5 Å². The van der Waals surface area contributed by atoms with Gasteiger partial charge in [0.2, 0.25) is 0 Å². The minimum atomic E-state index is -0.444. The molecule has 0 aliphatic carbocycles. The number of aryl methyl sites for hydroxylation is 1. The first-order chi connectivity index (χ1) is 20.4. The lowest BCUT2D eigenvalue weighted by Gasteiger charge is -2.55. The number of rotatable bonds is 11. The first-order valence-electron chi connectivity index (χ1n) is 14.0. The molecule has 2 saturated heterocycles. The molecule has 4 heterocycles. The molecule has 1 spiro atoms.